The third-order valence-electron chi connectivity index (χ3n) is 2.66. The van der Waals surface area contributed by atoms with Gasteiger partial charge in [-0.3, -0.25) is 0 Å². The van der Waals surface area contributed by atoms with E-state index in [9.17, 15) is 13.2 Å². The molecule has 0 aliphatic carbocycles. The smallest absolute Gasteiger partial charge is 0.406 e. The molecule has 102 valence electrons. The highest BCUT2D eigenvalue weighted by Gasteiger charge is 2.31. The highest BCUT2D eigenvalue weighted by atomic mass is 19.4. The van der Waals surface area contributed by atoms with E-state index < -0.39 is 6.36 Å². The number of nitrogens with two attached hydrogens (primary N) is 1. The van der Waals surface area contributed by atoms with Gasteiger partial charge in [0.1, 0.15) is 11.6 Å². The molecule has 0 fully saturated rings. The molecule has 0 radical (unpaired) electrons. The molecule has 0 aliphatic heterocycles. The van der Waals surface area contributed by atoms with Crippen LogP contribution in [0.5, 0.6) is 5.75 Å². The van der Waals surface area contributed by atoms with Gasteiger partial charge in [-0.1, -0.05) is 12.1 Å². The zero-order valence-electron chi connectivity index (χ0n) is 10.1. The Morgan fingerprint density at radius 3 is 2.32 bits per heavy atom. The molecular formula is C12H12F3N3O. The van der Waals surface area contributed by atoms with Crippen LogP contribution in [0.3, 0.4) is 0 Å². The van der Waals surface area contributed by atoms with E-state index in [0.717, 1.165) is 5.56 Å². The van der Waals surface area contributed by atoms with Crippen LogP contribution in [0.2, 0.25) is 0 Å². The summed E-state index contributed by atoms with van der Waals surface area (Å²) < 4.78 is 41.5. The van der Waals surface area contributed by atoms with Crippen LogP contribution in [-0.2, 0) is 0 Å². The maximum atomic E-state index is 12.0. The molecule has 1 aromatic carbocycles. The van der Waals surface area contributed by atoms with Gasteiger partial charge in [0.2, 0.25) is 0 Å². The Morgan fingerprint density at radius 1 is 1.21 bits per heavy atom. The number of halogens is 3. The topological polar surface area (TPSA) is 53.1 Å². The van der Waals surface area contributed by atoms with Gasteiger partial charge in [-0.25, -0.2) is 4.68 Å². The Morgan fingerprint density at radius 2 is 1.84 bits per heavy atom. The first-order valence-corrected chi connectivity index (χ1v) is 5.51. The van der Waals surface area contributed by atoms with E-state index in [2.05, 4.69) is 9.84 Å². The summed E-state index contributed by atoms with van der Waals surface area (Å²) in [6.07, 6.45) is -3.12. The summed E-state index contributed by atoms with van der Waals surface area (Å²) in [6.45, 7) is 1.85. The maximum absolute atomic E-state index is 12.0. The predicted octanol–water partition coefficient (Wildman–Crippen LogP) is 2.97. The Labute approximate surface area is 107 Å². The van der Waals surface area contributed by atoms with Crippen molar-refractivity contribution in [2.75, 3.05) is 5.73 Å². The quantitative estimate of drug-likeness (QED) is 0.933. The van der Waals surface area contributed by atoms with Gasteiger partial charge in [-0.05, 0) is 30.7 Å². The molecule has 1 unspecified atom stereocenters. The summed E-state index contributed by atoms with van der Waals surface area (Å²) in [5.74, 6) is 0.236. The number of hydrogen-bond donors (Lipinski definition) is 1. The molecule has 0 bridgehead atoms. The van der Waals surface area contributed by atoms with Gasteiger partial charge in [-0.15, -0.1) is 13.2 Å². The minimum absolute atomic E-state index is 0.171. The van der Waals surface area contributed by atoms with Gasteiger partial charge in [0.25, 0.3) is 0 Å². The fraction of sp³-hybridized carbons (Fsp3) is 0.250. The standard InChI is InChI=1S/C12H12F3N3O/c1-8(18-11(16)6-7-17-18)9-2-4-10(5-3-9)19-12(13,14)15/h2-8H,16H2,1H3. The lowest BCUT2D eigenvalue weighted by molar-refractivity contribution is -0.274. The van der Waals surface area contributed by atoms with E-state index in [1.165, 1.54) is 12.1 Å². The fourth-order valence-electron chi connectivity index (χ4n) is 1.74. The summed E-state index contributed by atoms with van der Waals surface area (Å²) in [6, 6.07) is 7.10. The van der Waals surface area contributed by atoms with Crippen LogP contribution in [-0.4, -0.2) is 16.1 Å². The van der Waals surface area contributed by atoms with Crippen molar-refractivity contribution < 1.29 is 17.9 Å². The summed E-state index contributed by atoms with van der Waals surface area (Å²) in [4.78, 5) is 0. The molecule has 0 saturated heterocycles. The number of rotatable bonds is 3. The molecular weight excluding hydrogens is 259 g/mol. The van der Waals surface area contributed by atoms with Crippen LogP contribution >= 0.6 is 0 Å². The lowest BCUT2D eigenvalue weighted by Gasteiger charge is -2.15. The van der Waals surface area contributed by atoms with Crippen molar-refractivity contribution in [1.82, 2.24) is 9.78 Å². The van der Waals surface area contributed by atoms with Gasteiger partial charge < -0.3 is 10.5 Å². The molecule has 2 rings (SSSR count). The Bertz CT molecular complexity index is 548. The molecule has 19 heavy (non-hydrogen) atoms. The largest absolute Gasteiger partial charge is 0.573 e. The van der Waals surface area contributed by atoms with Crippen LogP contribution in [0.15, 0.2) is 36.5 Å². The van der Waals surface area contributed by atoms with Crippen molar-refractivity contribution in [2.24, 2.45) is 0 Å². The van der Waals surface area contributed by atoms with Gasteiger partial charge in [0, 0.05) is 0 Å². The molecule has 2 aromatic rings. The van der Waals surface area contributed by atoms with Gasteiger partial charge in [-0.2, -0.15) is 5.10 Å². The first-order chi connectivity index (χ1) is 8.87. The van der Waals surface area contributed by atoms with Crippen LogP contribution in [0.25, 0.3) is 0 Å². The second kappa shape index (κ2) is 4.83. The van der Waals surface area contributed by atoms with E-state index in [4.69, 9.17) is 5.73 Å². The maximum Gasteiger partial charge on any atom is 0.573 e. The Kier molecular flexibility index (Phi) is 3.37. The van der Waals surface area contributed by atoms with E-state index in [1.807, 2.05) is 6.92 Å². The molecule has 0 aliphatic rings. The van der Waals surface area contributed by atoms with Gasteiger partial charge in [0.05, 0.1) is 12.2 Å². The average Bonchev–Trinajstić information content (AvgIpc) is 2.73. The van der Waals surface area contributed by atoms with Gasteiger partial charge >= 0.3 is 6.36 Å². The Balaban J connectivity index is 2.17. The van der Waals surface area contributed by atoms with E-state index >= 15 is 0 Å². The minimum atomic E-state index is -4.68. The molecule has 0 amide bonds. The van der Waals surface area contributed by atoms with Crippen molar-refractivity contribution in [3.63, 3.8) is 0 Å². The monoisotopic (exact) mass is 271 g/mol. The molecule has 2 N–H and O–H groups in total. The van der Waals surface area contributed by atoms with Crippen molar-refractivity contribution in [3.05, 3.63) is 42.1 Å². The first kappa shape index (κ1) is 13.3. The van der Waals surface area contributed by atoms with E-state index in [1.54, 1.807) is 29.1 Å². The fourth-order valence-corrected chi connectivity index (χ4v) is 1.74. The number of benzene rings is 1. The first-order valence-electron chi connectivity index (χ1n) is 5.51. The third-order valence-corrected chi connectivity index (χ3v) is 2.66. The number of nitrogens with zero attached hydrogens (tertiary/aromatic N) is 2. The molecule has 4 nitrogen and oxygen atoms in total. The Hall–Kier alpha value is -2.18. The zero-order chi connectivity index (χ0) is 14.0. The number of aromatic nitrogens is 2. The summed E-state index contributed by atoms with van der Waals surface area (Å²) >= 11 is 0. The van der Waals surface area contributed by atoms with Crippen LogP contribution in [0.1, 0.15) is 18.5 Å². The number of ether oxygens (including phenoxy) is 1. The lowest BCUT2D eigenvalue weighted by Crippen LogP contribution is -2.17. The van der Waals surface area contributed by atoms with Gasteiger partial charge in [0.15, 0.2) is 0 Å². The van der Waals surface area contributed by atoms with E-state index in [-0.39, 0.29) is 11.8 Å². The van der Waals surface area contributed by atoms with Crippen LogP contribution in [0, 0.1) is 0 Å². The van der Waals surface area contributed by atoms with Crippen molar-refractivity contribution >= 4 is 5.82 Å². The summed E-state index contributed by atoms with van der Waals surface area (Å²) in [5, 5.41) is 4.05. The summed E-state index contributed by atoms with van der Waals surface area (Å²) in [7, 11) is 0. The number of alkyl halides is 3. The lowest BCUT2D eigenvalue weighted by atomic mass is 10.1. The normalized spacial score (nSPS) is 13.3. The average molecular weight is 271 g/mol. The summed E-state index contributed by atoms with van der Waals surface area (Å²) in [5.41, 5.74) is 6.50. The van der Waals surface area contributed by atoms with Crippen molar-refractivity contribution in [1.29, 1.82) is 0 Å². The minimum Gasteiger partial charge on any atom is -0.406 e. The third kappa shape index (κ3) is 3.18. The van der Waals surface area contributed by atoms with Crippen LogP contribution in [0.4, 0.5) is 19.0 Å². The molecule has 7 heteroatoms. The second-order valence-corrected chi connectivity index (χ2v) is 3.99. The second-order valence-electron chi connectivity index (χ2n) is 3.99. The van der Waals surface area contributed by atoms with E-state index in [0.29, 0.717) is 5.82 Å². The molecule has 0 saturated carbocycles. The molecule has 1 aromatic heterocycles. The van der Waals surface area contributed by atoms with Crippen molar-refractivity contribution in [2.45, 2.75) is 19.3 Å². The molecule has 1 heterocycles. The predicted molar refractivity (Wildman–Crippen MR) is 63.6 cm³/mol. The highest BCUT2D eigenvalue weighted by molar-refractivity contribution is 5.33. The number of anilines is 1. The van der Waals surface area contributed by atoms with Crippen molar-refractivity contribution in [3.8, 4) is 5.75 Å². The SMILES string of the molecule is CC(c1ccc(OC(F)(F)F)cc1)n1nccc1N. The molecule has 0 spiro atoms. The number of hydrogen-bond acceptors (Lipinski definition) is 3. The van der Waals surface area contributed by atoms with Crippen LogP contribution < -0.4 is 10.5 Å². The highest BCUT2D eigenvalue weighted by Crippen LogP contribution is 2.26. The molecule has 1 atom stereocenters. The number of nitrogen functional groups attached to an aromatic ring is 1. The zero-order valence-corrected chi connectivity index (χ0v) is 10.1.